The second kappa shape index (κ2) is 7.83. The van der Waals surface area contributed by atoms with Crippen molar-refractivity contribution in [2.75, 3.05) is 19.7 Å². The van der Waals surface area contributed by atoms with Gasteiger partial charge >= 0.3 is 12.0 Å². The lowest BCUT2D eigenvalue weighted by Gasteiger charge is -2.37. The van der Waals surface area contributed by atoms with Gasteiger partial charge in [-0.2, -0.15) is 0 Å². The van der Waals surface area contributed by atoms with Crippen LogP contribution in [0, 0.1) is 0 Å². The van der Waals surface area contributed by atoms with E-state index in [1.165, 1.54) is 0 Å². The number of aromatic nitrogens is 2. The Labute approximate surface area is 146 Å². The van der Waals surface area contributed by atoms with Crippen LogP contribution in [-0.2, 0) is 16.1 Å². The number of rotatable bonds is 5. The van der Waals surface area contributed by atoms with Gasteiger partial charge in [-0.15, -0.1) is 0 Å². The molecule has 1 aliphatic heterocycles. The highest BCUT2D eigenvalue weighted by molar-refractivity contribution is 5.76. The van der Waals surface area contributed by atoms with Crippen LogP contribution in [0.15, 0.2) is 42.9 Å². The monoisotopic (exact) mass is 342 g/mol. The Bertz CT molecular complexity index is 729. The summed E-state index contributed by atoms with van der Waals surface area (Å²) in [5.41, 5.74) is 2.08. The van der Waals surface area contributed by atoms with E-state index in [9.17, 15) is 9.59 Å². The highest BCUT2D eigenvalue weighted by Gasteiger charge is 2.32. The van der Waals surface area contributed by atoms with E-state index in [4.69, 9.17) is 4.74 Å². The molecule has 0 fully saturated rings. The number of amides is 2. The van der Waals surface area contributed by atoms with Gasteiger partial charge in [0.1, 0.15) is 0 Å². The lowest BCUT2D eigenvalue weighted by molar-refractivity contribution is -0.142. The molecule has 0 radical (unpaired) electrons. The number of nitrogens with one attached hydrogen (secondary N) is 1. The van der Waals surface area contributed by atoms with Crippen LogP contribution >= 0.6 is 0 Å². The minimum atomic E-state index is -0.305. The third kappa shape index (κ3) is 3.81. The molecule has 3 heterocycles. The van der Waals surface area contributed by atoms with Gasteiger partial charge in [-0.3, -0.25) is 9.78 Å². The molecular formula is C18H22N4O3. The van der Waals surface area contributed by atoms with Crippen LogP contribution in [0.25, 0.3) is 0 Å². The topological polar surface area (TPSA) is 76.5 Å². The molecule has 1 N–H and O–H groups in total. The lowest BCUT2D eigenvalue weighted by atomic mass is 10.0. The van der Waals surface area contributed by atoms with Crippen molar-refractivity contribution < 1.29 is 14.3 Å². The number of hydrogen-bond acceptors (Lipinski definition) is 4. The van der Waals surface area contributed by atoms with Crippen LogP contribution in [-0.4, -0.2) is 46.1 Å². The maximum absolute atomic E-state index is 12.7. The lowest BCUT2D eigenvalue weighted by Crippen LogP contribution is -2.47. The van der Waals surface area contributed by atoms with Crippen LogP contribution in [0.4, 0.5) is 4.79 Å². The summed E-state index contributed by atoms with van der Waals surface area (Å²) in [5.74, 6) is -0.305. The van der Waals surface area contributed by atoms with Crippen LogP contribution in [0.5, 0.6) is 0 Å². The summed E-state index contributed by atoms with van der Waals surface area (Å²) in [5, 5.41) is 2.83. The molecule has 7 nitrogen and oxygen atoms in total. The second-order valence-electron chi connectivity index (χ2n) is 5.79. The molecule has 3 rings (SSSR count). The van der Waals surface area contributed by atoms with Gasteiger partial charge in [0.15, 0.2) is 0 Å². The molecule has 0 saturated heterocycles. The summed E-state index contributed by atoms with van der Waals surface area (Å²) in [7, 11) is 0. The number of ether oxygens (including phenoxy) is 1. The van der Waals surface area contributed by atoms with Crippen LogP contribution in [0.1, 0.15) is 30.6 Å². The number of nitrogens with zero attached hydrogens (tertiary/aromatic N) is 3. The number of fused-ring (bicyclic) bond motifs is 1. The Morgan fingerprint density at radius 1 is 1.28 bits per heavy atom. The first-order valence-corrected chi connectivity index (χ1v) is 8.45. The minimum absolute atomic E-state index is 0.170. The molecule has 1 aliphatic rings. The minimum Gasteiger partial charge on any atom is -0.466 e. The smallest absolute Gasteiger partial charge is 0.318 e. The number of carbonyl (C=O) groups is 2. The van der Waals surface area contributed by atoms with Gasteiger partial charge in [-0.25, -0.2) is 4.79 Å². The summed E-state index contributed by atoms with van der Waals surface area (Å²) < 4.78 is 7.04. The first-order valence-electron chi connectivity index (χ1n) is 8.45. The van der Waals surface area contributed by atoms with Gasteiger partial charge < -0.3 is 19.5 Å². The molecule has 1 atom stereocenters. The number of urea groups is 1. The first kappa shape index (κ1) is 17.0. The average Bonchev–Trinajstić information content (AvgIpc) is 3.10. The zero-order chi connectivity index (χ0) is 17.6. The zero-order valence-electron chi connectivity index (χ0n) is 14.2. The van der Waals surface area contributed by atoms with Crippen molar-refractivity contribution in [3.63, 3.8) is 0 Å². The number of hydrogen-bond donors (Lipinski definition) is 1. The average molecular weight is 342 g/mol. The SMILES string of the molecule is CCOC(=O)CCNC(=O)N1CCn2cccc2[C@@H]1c1ccncc1. The Balaban J connectivity index is 1.73. The van der Waals surface area contributed by atoms with Crippen LogP contribution in [0.3, 0.4) is 0 Å². The molecule has 0 aliphatic carbocycles. The van der Waals surface area contributed by atoms with Crippen molar-refractivity contribution in [2.24, 2.45) is 0 Å². The van der Waals surface area contributed by atoms with E-state index in [1.807, 2.05) is 30.5 Å². The van der Waals surface area contributed by atoms with E-state index in [2.05, 4.69) is 14.9 Å². The zero-order valence-corrected chi connectivity index (χ0v) is 14.2. The number of esters is 1. The quantitative estimate of drug-likeness (QED) is 0.843. The fraction of sp³-hybridized carbons (Fsp3) is 0.389. The van der Waals surface area contributed by atoms with Crippen molar-refractivity contribution >= 4 is 12.0 Å². The van der Waals surface area contributed by atoms with Crippen molar-refractivity contribution in [3.8, 4) is 0 Å². The van der Waals surface area contributed by atoms with Crippen molar-refractivity contribution in [3.05, 3.63) is 54.1 Å². The predicted molar refractivity (Wildman–Crippen MR) is 91.9 cm³/mol. The Morgan fingerprint density at radius 3 is 2.84 bits per heavy atom. The maximum atomic E-state index is 12.7. The van der Waals surface area contributed by atoms with Gasteiger partial charge in [0.25, 0.3) is 0 Å². The van der Waals surface area contributed by atoms with Crippen LogP contribution in [0.2, 0.25) is 0 Å². The maximum Gasteiger partial charge on any atom is 0.318 e. The Hall–Kier alpha value is -2.83. The molecular weight excluding hydrogens is 320 g/mol. The number of pyridine rings is 1. The molecule has 0 unspecified atom stereocenters. The van der Waals surface area contributed by atoms with Gasteiger partial charge in [0.05, 0.1) is 19.1 Å². The van der Waals surface area contributed by atoms with E-state index >= 15 is 0 Å². The van der Waals surface area contributed by atoms with Crippen molar-refractivity contribution in [1.29, 1.82) is 0 Å². The third-order valence-corrected chi connectivity index (χ3v) is 4.23. The van der Waals surface area contributed by atoms with Gasteiger partial charge in [0, 0.05) is 43.9 Å². The summed E-state index contributed by atoms with van der Waals surface area (Å²) in [6.45, 7) is 3.71. The summed E-state index contributed by atoms with van der Waals surface area (Å²) in [4.78, 5) is 30.0. The normalized spacial score (nSPS) is 16.2. The molecule has 0 aromatic carbocycles. The van der Waals surface area contributed by atoms with Gasteiger partial charge in [0.2, 0.25) is 0 Å². The van der Waals surface area contributed by atoms with Crippen molar-refractivity contribution in [2.45, 2.75) is 25.9 Å². The van der Waals surface area contributed by atoms with E-state index < -0.39 is 0 Å². The molecule has 2 aromatic heterocycles. The standard InChI is InChI=1S/C18H22N4O3/c1-2-25-16(23)7-10-20-18(24)22-13-12-21-11-3-4-15(21)17(22)14-5-8-19-9-6-14/h3-6,8-9,11,17H,2,7,10,12-13H2,1H3,(H,20,24)/t17-/m0/s1. The van der Waals surface area contributed by atoms with E-state index in [0.29, 0.717) is 13.2 Å². The van der Waals surface area contributed by atoms with Crippen molar-refractivity contribution in [1.82, 2.24) is 19.8 Å². The number of carbonyl (C=O) groups excluding carboxylic acids is 2. The molecule has 0 saturated carbocycles. The van der Waals surface area contributed by atoms with E-state index in [1.54, 1.807) is 24.2 Å². The van der Waals surface area contributed by atoms with E-state index in [-0.39, 0.29) is 31.0 Å². The Kier molecular flexibility index (Phi) is 5.33. The fourth-order valence-corrected chi connectivity index (χ4v) is 3.10. The molecule has 2 aromatic rings. The first-order chi connectivity index (χ1) is 12.2. The predicted octanol–water partition coefficient (Wildman–Crippen LogP) is 1.95. The Morgan fingerprint density at radius 2 is 2.08 bits per heavy atom. The summed E-state index contributed by atoms with van der Waals surface area (Å²) in [6.07, 6.45) is 5.66. The summed E-state index contributed by atoms with van der Waals surface area (Å²) in [6, 6.07) is 7.51. The molecule has 0 spiro atoms. The van der Waals surface area contributed by atoms with Gasteiger partial charge in [-0.05, 0) is 36.8 Å². The summed E-state index contributed by atoms with van der Waals surface area (Å²) >= 11 is 0. The largest absolute Gasteiger partial charge is 0.466 e. The molecule has 7 heteroatoms. The molecule has 0 bridgehead atoms. The highest BCUT2D eigenvalue weighted by atomic mass is 16.5. The molecule has 25 heavy (non-hydrogen) atoms. The molecule has 2 amide bonds. The molecule has 132 valence electrons. The fourth-order valence-electron chi connectivity index (χ4n) is 3.10. The van der Waals surface area contributed by atoms with Gasteiger partial charge in [-0.1, -0.05) is 0 Å². The second-order valence-corrected chi connectivity index (χ2v) is 5.79. The third-order valence-electron chi connectivity index (χ3n) is 4.23. The van der Waals surface area contributed by atoms with Crippen LogP contribution < -0.4 is 5.32 Å². The van der Waals surface area contributed by atoms with E-state index in [0.717, 1.165) is 17.8 Å². The highest BCUT2D eigenvalue weighted by Crippen LogP contribution is 2.31.